The molecule has 0 saturated carbocycles. The molecule has 24 heavy (non-hydrogen) atoms. The molecule has 1 aromatic carbocycles. The first-order chi connectivity index (χ1) is 11.7. The van der Waals surface area contributed by atoms with Crippen LogP contribution in [0.1, 0.15) is 16.1 Å². The molecule has 3 heterocycles. The monoisotopic (exact) mass is 320 g/mol. The molecule has 0 unspecified atom stereocenters. The van der Waals surface area contributed by atoms with E-state index in [9.17, 15) is 4.79 Å². The molecule has 0 radical (unpaired) electrons. The molecule has 0 atom stereocenters. The van der Waals surface area contributed by atoms with Crippen LogP contribution in [0, 0.1) is 6.92 Å². The zero-order valence-electron chi connectivity index (χ0n) is 12.6. The number of pyridine rings is 1. The van der Waals surface area contributed by atoms with Gasteiger partial charge in [0.05, 0.1) is 16.6 Å². The van der Waals surface area contributed by atoms with Crippen LogP contribution in [0.25, 0.3) is 22.5 Å². The number of benzene rings is 1. The summed E-state index contributed by atoms with van der Waals surface area (Å²) in [7, 11) is 0. The second-order valence-corrected chi connectivity index (χ2v) is 5.21. The summed E-state index contributed by atoms with van der Waals surface area (Å²) in [4.78, 5) is 20.7. The number of nitrogens with one attached hydrogen (secondary N) is 2. The highest BCUT2D eigenvalue weighted by molar-refractivity contribution is 6.05. The molecule has 0 bridgehead atoms. The third-order valence-corrected chi connectivity index (χ3v) is 3.58. The number of anilines is 1. The second kappa shape index (κ2) is 5.58. The average Bonchev–Trinajstić information content (AvgIpc) is 3.25. The number of rotatable bonds is 3. The largest absolute Gasteiger partial charge is 0.336 e. The Bertz CT molecular complexity index is 1020. The number of aryl methyl sites for hydroxylation is 1. The second-order valence-electron chi connectivity index (χ2n) is 5.21. The van der Waals surface area contributed by atoms with Crippen LogP contribution in [0.3, 0.4) is 0 Å². The van der Waals surface area contributed by atoms with E-state index in [4.69, 9.17) is 4.52 Å². The number of carbonyl (C=O) groups excluding carboxylic acids is 1. The average molecular weight is 320 g/mol. The molecule has 118 valence electrons. The van der Waals surface area contributed by atoms with Gasteiger partial charge in [-0.25, -0.2) is 9.97 Å². The van der Waals surface area contributed by atoms with Crippen LogP contribution in [0.4, 0.5) is 5.69 Å². The molecule has 3 aromatic heterocycles. The van der Waals surface area contributed by atoms with Crippen LogP contribution in [0.15, 0.2) is 47.4 Å². The van der Waals surface area contributed by atoms with Crippen molar-refractivity contribution in [2.24, 2.45) is 0 Å². The first-order valence-corrected chi connectivity index (χ1v) is 7.20. The van der Waals surface area contributed by atoms with E-state index >= 15 is 0 Å². The quantitative estimate of drug-likeness (QED) is 0.600. The third kappa shape index (κ3) is 2.50. The summed E-state index contributed by atoms with van der Waals surface area (Å²) >= 11 is 0. The van der Waals surface area contributed by atoms with E-state index in [-0.39, 0.29) is 5.91 Å². The maximum Gasteiger partial charge on any atom is 0.257 e. The minimum atomic E-state index is -0.264. The number of hydrogen-bond acceptors (Lipinski definition) is 6. The zero-order chi connectivity index (χ0) is 16.5. The van der Waals surface area contributed by atoms with E-state index in [0.29, 0.717) is 28.5 Å². The maximum absolute atomic E-state index is 12.5. The van der Waals surface area contributed by atoms with Gasteiger partial charge in [0.15, 0.2) is 5.82 Å². The lowest BCUT2D eigenvalue weighted by Crippen LogP contribution is -2.12. The van der Waals surface area contributed by atoms with Crippen molar-refractivity contribution < 1.29 is 9.32 Å². The van der Waals surface area contributed by atoms with E-state index in [2.05, 4.69) is 30.6 Å². The molecule has 0 fully saturated rings. The molecule has 0 spiro atoms. The van der Waals surface area contributed by atoms with Gasteiger partial charge in [0.1, 0.15) is 6.33 Å². The SMILES string of the molecule is Cc1noc2ncc(C(=O)Nc3cccc(-c4ncn[nH]4)c3)cc12. The standard InChI is InChI=1S/C16H12N6O2/c1-9-13-6-11(7-17-16(13)24-22-9)15(23)20-12-4-2-3-10(5-12)14-18-8-19-21-14/h2-8H,1H3,(H,20,23)(H,18,19,21). The molecule has 1 amide bonds. The molecular formula is C16H12N6O2. The summed E-state index contributed by atoms with van der Waals surface area (Å²) in [5, 5.41) is 14.0. The molecule has 0 aliphatic rings. The molecule has 4 aromatic rings. The van der Waals surface area contributed by atoms with Gasteiger partial charge in [-0.15, -0.1) is 0 Å². The van der Waals surface area contributed by atoms with E-state index in [1.807, 2.05) is 18.2 Å². The Morgan fingerprint density at radius 1 is 1.25 bits per heavy atom. The fourth-order valence-electron chi connectivity index (χ4n) is 2.36. The van der Waals surface area contributed by atoms with Crippen molar-refractivity contribution in [2.45, 2.75) is 6.92 Å². The highest BCUT2D eigenvalue weighted by Crippen LogP contribution is 2.20. The lowest BCUT2D eigenvalue weighted by molar-refractivity contribution is 0.102. The van der Waals surface area contributed by atoms with Gasteiger partial charge in [0, 0.05) is 17.4 Å². The number of fused-ring (bicyclic) bond motifs is 1. The van der Waals surface area contributed by atoms with Gasteiger partial charge in [-0.2, -0.15) is 5.10 Å². The van der Waals surface area contributed by atoms with Crippen molar-refractivity contribution in [1.82, 2.24) is 25.3 Å². The number of hydrogen-bond donors (Lipinski definition) is 2. The van der Waals surface area contributed by atoms with Gasteiger partial charge in [-0.05, 0) is 25.1 Å². The van der Waals surface area contributed by atoms with Gasteiger partial charge >= 0.3 is 0 Å². The highest BCUT2D eigenvalue weighted by Gasteiger charge is 2.12. The van der Waals surface area contributed by atoms with Crippen molar-refractivity contribution in [1.29, 1.82) is 0 Å². The molecule has 4 rings (SSSR count). The van der Waals surface area contributed by atoms with E-state index in [1.165, 1.54) is 12.5 Å². The fourth-order valence-corrected chi connectivity index (χ4v) is 2.36. The minimum absolute atomic E-state index is 0.264. The molecule has 0 saturated heterocycles. The van der Waals surface area contributed by atoms with E-state index in [0.717, 1.165) is 10.9 Å². The molecular weight excluding hydrogens is 308 g/mol. The molecule has 0 aliphatic carbocycles. The Kier molecular flexibility index (Phi) is 3.27. The Morgan fingerprint density at radius 3 is 3.00 bits per heavy atom. The lowest BCUT2D eigenvalue weighted by Gasteiger charge is -2.06. The molecule has 8 nitrogen and oxygen atoms in total. The lowest BCUT2D eigenvalue weighted by atomic mass is 10.1. The number of aromatic amines is 1. The van der Waals surface area contributed by atoms with E-state index < -0.39 is 0 Å². The summed E-state index contributed by atoms with van der Waals surface area (Å²) in [5.74, 6) is 0.369. The zero-order valence-corrected chi connectivity index (χ0v) is 12.6. The van der Waals surface area contributed by atoms with Crippen LogP contribution in [0.5, 0.6) is 0 Å². The Balaban J connectivity index is 1.61. The van der Waals surface area contributed by atoms with Gasteiger partial charge < -0.3 is 9.84 Å². The van der Waals surface area contributed by atoms with Crippen molar-refractivity contribution >= 4 is 22.7 Å². The van der Waals surface area contributed by atoms with Crippen molar-refractivity contribution in [3.63, 3.8) is 0 Å². The Hall–Kier alpha value is -3.55. The van der Waals surface area contributed by atoms with E-state index in [1.54, 1.807) is 19.1 Å². The van der Waals surface area contributed by atoms with Crippen molar-refractivity contribution in [2.75, 3.05) is 5.32 Å². The number of H-pyrrole nitrogens is 1. The van der Waals surface area contributed by atoms with Crippen LogP contribution >= 0.6 is 0 Å². The van der Waals surface area contributed by atoms with Crippen LogP contribution in [-0.2, 0) is 0 Å². The summed E-state index contributed by atoms with van der Waals surface area (Å²) in [6.07, 6.45) is 2.89. The topological polar surface area (TPSA) is 110 Å². The summed E-state index contributed by atoms with van der Waals surface area (Å²) in [6.45, 7) is 1.80. The van der Waals surface area contributed by atoms with Crippen molar-refractivity contribution in [3.8, 4) is 11.4 Å². The fraction of sp³-hybridized carbons (Fsp3) is 0.0625. The number of aromatic nitrogens is 5. The van der Waals surface area contributed by atoms with Gasteiger partial charge in [-0.1, -0.05) is 17.3 Å². The van der Waals surface area contributed by atoms with Crippen molar-refractivity contribution in [3.05, 3.63) is 54.1 Å². The Labute approximate surface area is 135 Å². The Morgan fingerprint density at radius 2 is 2.17 bits per heavy atom. The minimum Gasteiger partial charge on any atom is -0.336 e. The molecule has 8 heteroatoms. The van der Waals surface area contributed by atoms with Gasteiger partial charge in [-0.3, -0.25) is 9.89 Å². The summed E-state index contributed by atoms with van der Waals surface area (Å²) < 4.78 is 5.05. The number of nitrogens with zero attached hydrogens (tertiary/aromatic N) is 4. The maximum atomic E-state index is 12.5. The normalized spacial score (nSPS) is 10.9. The predicted octanol–water partition coefficient (Wildman–Crippen LogP) is 2.57. The van der Waals surface area contributed by atoms with Gasteiger partial charge in [0.2, 0.25) is 0 Å². The summed E-state index contributed by atoms with van der Waals surface area (Å²) in [5.41, 5.74) is 3.01. The van der Waals surface area contributed by atoms with Crippen LogP contribution in [-0.4, -0.2) is 31.2 Å². The smallest absolute Gasteiger partial charge is 0.257 e. The first kappa shape index (κ1) is 14.1. The number of carbonyl (C=O) groups is 1. The highest BCUT2D eigenvalue weighted by atomic mass is 16.5. The van der Waals surface area contributed by atoms with Crippen LogP contribution < -0.4 is 5.32 Å². The van der Waals surface area contributed by atoms with Crippen LogP contribution in [0.2, 0.25) is 0 Å². The third-order valence-electron chi connectivity index (χ3n) is 3.58. The predicted molar refractivity (Wildman–Crippen MR) is 86.3 cm³/mol. The van der Waals surface area contributed by atoms with Gasteiger partial charge in [0.25, 0.3) is 11.6 Å². The number of amides is 1. The first-order valence-electron chi connectivity index (χ1n) is 7.20. The summed E-state index contributed by atoms with van der Waals surface area (Å²) in [6, 6.07) is 9.04. The molecule has 0 aliphatic heterocycles. The molecule has 2 N–H and O–H groups in total.